The van der Waals surface area contributed by atoms with Crippen molar-refractivity contribution in [1.29, 1.82) is 0 Å². The van der Waals surface area contributed by atoms with Crippen LogP contribution in [0.1, 0.15) is 44.7 Å². The van der Waals surface area contributed by atoms with Crippen molar-refractivity contribution in [2.24, 2.45) is 0 Å². The number of carbonyl (C=O) groups excluding carboxylic acids is 1. The van der Waals surface area contributed by atoms with Crippen molar-refractivity contribution in [3.05, 3.63) is 29.7 Å². The Bertz CT molecular complexity index is 770. The molecule has 25 heavy (non-hydrogen) atoms. The lowest BCUT2D eigenvalue weighted by atomic mass is 9.83. The number of fused-ring (bicyclic) bond motifs is 1. The average Bonchev–Trinajstić information content (AvgIpc) is 2.99. The highest BCUT2D eigenvalue weighted by atomic mass is 16.6. The number of carbonyl (C=O) groups is 1. The van der Waals surface area contributed by atoms with Crippen molar-refractivity contribution >= 4 is 11.7 Å². The quantitative estimate of drug-likeness (QED) is 0.836. The molecule has 0 bridgehead atoms. The summed E-state index contributed by atoms with van der Waals surface area (Å²) >= 11 is 0. The van der Waals surface area contributed by atoms with E-state index in [2.05, 4.69) is 17.0 Å². The second-order valence-corrected chi connectivity index (χ2v) is 7.60. The van der Waals surface area contributed by atoms with Crippen LogP contribution >= 0.6 is 0 Å². The number of piperidine rings is 1. The largest absolute Gasteiger partial charge is 0.444 e. The maximum atomic E-state index is 12.3. The Morgan fingerprint density at radius 2 is 1.96 bits per heavy atom. The van der Waals surface area contributed by atoms with Gasteiger partial charge in [0.1, 0.15) is 11.9 Å². The molecule has 0 unspecified atom stereocenters. The zero-order chi connectivity index (χ0) is 18.2. The second kappa shape index (κ2) is 6.29. The molecule has 0 aromatic carbocycles. The van der Waals surface area contributed by atoms with Crippen LogP contribution in [-0.2, 0) is 15.1 Å². The first kappa shape index (κ1) is 17.7. The molecule has 0 aliphatic carbocycles. The fourth-order valence-electron chi connectivity index (χ4n) is 3.39. The molecule has 136 valence electrons. The lowest BCUT2D eigenvalue weighted by molar-refractivity contribution is -0.0657. The van der Waals surface area contributed by atoms with Crippen molar-refractivity contribution in [1.82, 2.24) is 19.5 Å². The van der Waals surface area contributed by atoms with Gasteiger partial charge in [0.05, 0.1) is 5.60 Å². The standard InChI is InChI=1S/C18H26N4O3/c1-13-10-15-19-12-20-22(15)11-14(13)18(24-5)6-8-21(9-7-18)16(23)25-17(2,3)4/h10-12H,6-9H2,1-5H3. The molecule has 1 aliphatic heterocycles. The molecule has 0 radical (unpaired) electrons. The zero-order valence-corrected chi connectivity index (χ0v) is 15.6. The fourth-order valence-corrected chi connectivity index (χ4v) is 3.39. The van der Waals surface area contributed by atoms with Gasteiger partial charge < -0.3 is 14.4 Å². The van der Waals surface area contributed by atoms with Crippen LogP contribution in [0, 0.1) is 6.92 Å². The molecule has 0 atom stereocenters. The number of aryl methyl sites for hydroxylation is 1. The van der Waals surface area contributed by atoms with E-state index in [1.807, 2.05) is 33.0 Å². The van der Waals surface area contributed by atoms with Crippen molar-refractivity contribution < 1.29 is 14.3 Å². The topological polar surface area (TPSA) is 69.0 Å². The van der Waals surface area contributed by atoms with Gasteiger partial charge in [-0.1, -0.05) is 0 Å². The summed E-state index contributed by atoms with van der Waals surface area (Å²) in [5, 5.41) is 4.23. The zero-order valence-electron chi connectivity index (χ0n) is 15.6. The van der Waals surface area contributed by atoms with E-state index in [-0.39, 0.29) is 6.09 Å². The van der Waals surface area contributed by atoms with Crippen LogP contribution in [0.5, 0.6) is 0 Å². The van der Waals surface area contributed by atoms with E-state index in [9.17, 15) is 4.79 Å². The summed E-state index contributed by atoms with van der Waals surface area (Å²) in [5.41, 5.74) is 2.12. The lowest BCUT2D eigenvalue weighted by Gasteiger charge is -2.41. The molecule has 1 saturated heterocycles. The smallest absolute Gasteiger partial charge is 0.410 e. The predicted molar refractivity (Wildman–Crippen MR) is 93.5 cm³/mol. The molecule has 0 spiro atoms. The Balaban J connectivity index is 1.81. The molecule has 1 amide bonds. The molecule has 1 fully saturated rings. The van der Waals surface area contributed by atoms with Crippen LogP contribution in [-0.4, -0.2) is 51.4 Å². The molecule has 3 heterocycles. The van der Waals surface area contributed by atoms with Crippen molar-refractivity contribution in [2.75, 3.05) is 20.2 Å². The average molecular weight is 346 g/mol. The van der Waals surface area contributed by atoms with Crippen LogP contribution in [0.4, 0.5) is 4.79 Å². The van der Waals surface area contributed by atoms with Gasteiger partial charge in [0, 0.05) is 32.0 Å². The van der Waals surface area contributed by atoms with Gasteiger partial charge in [-0.25, -0.2) is 14.3 Å². The predicted octanol–water partition coefficient (Wildman–Crippen LogP) is 2.91. The lowest BCUT2D eigenvalue weighted by Crippen LogP contribution is -2.47. The van der Waals surface area contributed by atoms with Crippen LogP contribution < -0.4 is 0 Å². The number of methoxy groups -OCH3 is 1. The number of amides is 1. The molecule has 1 aliphatic rings. The van der Waals surface area contributed by atoms with Crippen LogP contribution in [0.15, 0.2) is 18.6 Å². The van der Waals surface area contributed by atoms with Gasteiger partial charge in [0.2, 0.25) is 0 Å². The van der Waals surface area contributed by atoms with E-state index in [1.54, 1.807) is 22.9 Å². The van der Waals surface area contributed by atoms with Gasteiger partial charge in [0.15, 0.2) is 5.65 Å². The first-order valence-electron chi connectivity index (χ1n) is 8.58. The van der Waals surface area contributed by atoms with E-state index >= 15 is 0 Å². The summed E-state index contributed by atoms with van der Waals surface area (Å²) in [5.74, 6) is 0. The Kier molecular flexibility index (Phi) is 4.45. The van der Waals surface area contributed by atoms with Crippen LogP contribution in [0.2, 0.25) is 0 Å². The number of nitrogens with zero attached hydrogens (tertiary/aromatic N) is 4. The SMILES string of the molecule is COC1(c2cn3ncnc3cc2C)CCN(C(=O)OC(C)(C)C)CC1. The number of hydrogen-bond donors (Lipinski definition) is 0. The first-order chi connectivity index (χ1) is 11.7. The Hall–Kier alpha value is -2.15. The highest BCUT2D eigenvalue weighted by molar-refractivity contribution is 5.68. The summed E-state index contributed by atoms with van der Waals surface area (Å²) in [7, 11) is 1.73. The molecule has 0 saturated carbocycles. The first-order valence-corrected chi connectivity index (χ1v) is 8.58. The molecule has 2 aromatic heterocycles. The van der Waals surface area contributed by atoms with E-state index in [1.165, 1.54) is 0 Å². The van der Waals surface area contributed by atoms with Gasteiger partial charge in [0.25, 0.3) is 0 Å². The maximum absolute atomic E-state index is 12.3. The summed E-state index contributed by atoms with van der Waals surface area (Å²) in [6, 6.07) is 2.02. The van der Waals surface area contributed by atoms with E-state index < -0.39 is 11.2 Å². The minimum absolute atomic E-state index is 0.263. The summed E-state index contributed by atoms with van der Waals surface area (Å²) in [6.07, 6.45) is 4.70. The van der Waals surface area contributed by atoms with Gasteiger partial charge in [-0.2, -0.15) is 5.10 Å². The monoisotopic (exact) mass is 346 g/mol. The van der Waals surface area contributed by atoms with Gasteiger partial charge in [-0.15, -0.1) is 0 Å². The highest BCUT2D eigenvalue weighted by Crippen LogP contribution is 2.38. The molecule has 7 nitrogen and oxygen atoms in total. The number of likely N-dealkylation sites (tertiary alicyclic amines) is 1. The molecule has 2 aromatic rings. The van der Waals surface area contributed by atoms with Crippen molar-refractivity contribution in [3.8, 4) is 0 Å². The van der Waals surface area contributed by atoms with E-state index in [4.69, 9.17) is 9.47 Å². The van der Waals surface area contributed by atoms with Crippen molar-refractivity contribution in [3.63, 3.8) is 0 Å². The van der Waals surface area contributed by atoms with E-state index in [0.717, 1.165) is 16.8 Å². The Morgan fingerprint density at radius 1 is 1.28 bits per heavy atom. The van der Waals surface area contributed by atoms with Crippen molar-refractivity contribution in [2.45, 2.75) is 51.7 Å². The fraction of sp³-hybridized carbons (Fsp3) is 0.611. The second-order valence-electron chi connectivity index (χ2n) is 7.60. The third-order valence-corrected chi connectivity index (χ3v) is 4.73. The van der Waals surface area contributed by atoms with Gasteiger partial charge in [-0.05, 0) is 52.2 Å². The summed E-state index contributed by atoms with van der Waals surface area (Å²) < 4.78 is 13.2. The molecular formula is C18H26N4O3. The van der Waals surface area contributed by atoms with E-state index in [0.29, 0.717) is 25.9 Å². The Labute approximate surface area is 147 Å². The Morgan fingerprint density at radius 3 is 2.56 bits per heavy atom. The molecule has 7 heteroatoms. The number of aromatic nitrogens is 3. The number of hydrogen-bond acceptors (Lipinski definition) is 5. The maximum Gasteiger partial charge on any atom is 0.410 e. The van der Waals surface area contributed by atoms with Gasteiger partial charge >= 0.3 is 6.09 Å². The summed E-state index contributed by atoms with van der Waals surface area (Å²) in [4.78, 5) is 18.3. The molecule has 0 N–H and O–H groups in total. The number of pyridine rings is 1. The normalized spacial score (nSPS) is 17.7. The summed E-state index contributed by atoms with van der Waals surface area (Å²) in [6.45, 7) is 8.89. The van der Waals surface area contributed by atoms with Crippen LogP contribution in [0.25, 0.3) is 5.65 Å². The molecular weight excluding hydrogens is 320 g/mol. The third-order valence-electron chi connectivity index (χ3n) is 4.73. The number of rotatable bonds is 2. The van der Waals surface area contributed by atoms with Crippen LogP contribution in [0.3, 0.4) is 0 Å². The molecule has 3 rings (SSSR count). The highest BCUT2D eigenvalue weighted by Gasteiger charge is 2.40. The minimum Gasteiger partial charge on any atom is -0.444 e. The number of ether oxygens (including phenoxy) is 2. The van der Waals surface area contributed by atoms with Gasteiger partial charge in [-0.3, -0.25) is 0 Å². The minimum atomic E-state index is -0.485. The third kappa shape index (κ3) is 3.46.